The van der Waals surface area contributed by atoms with E-state index in [1.165, 1.54) is 16.6 Å². The fourth-order valence-corrected chi connectivity index (χ4v) is 3.81. The zero-order chi connectivity index (χ0) is 16.9. The van der Waals surface area contributed by atoms with E-state index in [0.717, 1.165) is 5.82 Å². The second-order valence-corrected chi connectivity index (χ2v) is 7.66. The van der Waals surface area contributed by atoms with Crippen molar-refractivity contribution >= 4 is 57.9 Å². The molecule has 0 aliphatic heterocycles. The van der Waals surface area contributed by atoms with Gasteiger partial charge in [-0.25, -0.2) is 4.98 Å². The molecule has 2 aromatic heterocycles. The molecule has 1 aromatic carbocycles. The number of carbonyl (C=O) groups is 1. The molecule has 2 N–H and O–H groups in total. The van der Waals surface area contributed by atoms with Crippen LogP contribution in [0.2, 0.25) is 10.0 Å². The van der Waals surface area contributed by atoms with Gasteiger partial charge in [0.2, 0.25) is 11.1 Å². The molecule has 0 saturated heterocycles. The SMILES string of the molecule is O=C(CSc1n[nH]c(Cc2cccs2)n1)Nc1cc(Cl)cc(Cl)c1. The topological polar surface area (TPSA) is 70.7 Å². The van der Waals surface area contributed by atoms with Crippen LogP contribution < -0.4 is 5.32 Å². The summed E-state index contributed by atoms with van der Waals surface area (Å²) in [4.78, 5) is 17.6. The van der Waals surface area contributed by atoms with E-state index in [9.17, 15) is 4.79 Å². The predicted octanol–water partition coefficient (Wildman–Crippen LogP) is 4.49. The fourth-order valence-electron chi connectivity index (χ4n) is 1.95. The first-order valence-corrected chi connectivity index (χ1v) is 9.53. The molecule has 0 spiro atoms. The summed E-state index contributed by atoms with van der Waals surface area (Å²) in [5.41, 5.74) is 0.562. The molecule has 0 aliphatic carbocycles. The highest BCUT2D eigenvalue weighted by Gasteiger charge is 2.09. The van der Waals surface area contributed by atoms with Crippen LogP contribution in [0.5, 0.6) is 0 Å². The van der Waals surface area contributed by atoms with Gasteiger partial charge in [-0.05, 0) is 29.6 Å². The fraction of sp³-hybridized carbons (Fsp3) is 0.133. The number of hydrogen-bond donors (Lipinski definition) is 2. The third-order valence-corrected chi connectivity index (χ3v) is 5.07. The quantitative estimate of drug-likeness (QED) is 0.599. The lowest BCUT2D eigenvalue weighted by Gasteiger charge is -2.05. The summed E-state index contributed by atoms with van der Waals surface area (Å²) in [5.74, 6) is 0.797. The molecular weight excluding hydrogens is 387 g/mol. The number of anilines is 1. The van der Waals surface area contributed by atoms with Crippen LogP contribution in [0.4, 0.5) is 5.69 Å². The van der Waals surface area contributed by atoms with Gasteiger partial charge in [0.15, 0.2) is 0 Å². The highest BCUT2D eigenvalue weighted by atomic mass is 35.5. The zero-order valence-electron chi connectivity index (χ0n) is 12.3. The number of hydrogen-bond acceptors (Lipinski definition) is 5. The smallest absolute Gasteiger partial charge is 0.234 e. The second-order valence-electron chi connectivity index (χ2n) is 4.82. The standard InChI is InChI=1S/C15H12Cl2N4OS2/c16-9-4-10(17)6-11(5-9)18-14(22)8-24-15-19-13(20-21-15)7-12-2-1-3-23-12/h1-6H,7-8H2,(H,18,22)(H,19,20,21). The van der Waals surface area contributed by atoms with Gasteiger partial charge >= 0.3 is 0 Å². The first-order chi connectivity index (χ1) is 11.6. The molecule has 0 radical (unpaired) electrons. The molecule has 0 fully saturated rings. The van der Waals surface area contributed by atoms with Gasteiger partial charge in [0.25, 0.3) is 0 Å². The lowest BCUT2D eigenvalue weighted by Crippen LogP contribution is -2.14. The van der Waals surface area contributed by atoms with Crippen LogP contribution in [0.1, 0.15) is 10.7 Å². The minimum atomic E-state index is -0.178. The Labute approximate surface area is 156 Å². The van der Waals surface area contributed by atoms with Gasteiger partial charge in [-0.3, -0.25) is 9.89 Å². The molecule has 124 valence electrons. The van der Waals surface area contributed by atoms with Gasteiger partial charge < -0.3 is 5.32 Å². The molecule has 0 bridgehead atoms. The molecule has 24 heavy (non-hydrogen) atoms. The van der Waals surface area contributed by atoms with Crippen LogP contribution in [0.3, 0.4) is 0 Å². The van der Waals surface area contributed by atoms with Crippen molar-refractivity contribution < 1.29 is 4.79 Å². The minimum absolute atomic E-state index is 0.178. The van der Waals surface area contributed by atoms with E-state index < -0.39 is 0 Å². The number of thioether (sulfide) groups is 1. The highest BCUT2D eigenvalue weighted by Crippen LogP contribution is 2.23. The maximum atomic E-state index is 12.0. The molecule has 1 amide bonds. The molecule has 0 unspecified atom stereocenters. The number of nitrogens with one attached hydrogen (secondary N) is 2. The van der Waals surface area contributed by atoms with Crippen molar-refractivity contribution in [3.63, 3.8) is 0 Å². The summed E-state index contributed by atoms with van der Waals surface area (Å²) in [7, 11) is 0. The van der Waals surface area contributed by atoms with E-state index in [0.29, 0.717) is 27.3 Å². The minimum Gasteiger partial charge on any atom is -0.325 e. The van der Waals surface area contributed by atoms with Crippen molar-refractivity contribution in [2.75, 3.05) is 11.1 Å². The number of nitrogens with zero attached hydrogens (tertiary/aromatic N) is 2. The molecular formula is C15H12Cl2N4OS2. The number of halogens is 2. The lowest BCUT2D eigenvalue weighted by molar-refractivity contribution is -0.113. The summed E-state index contributed by atoms with van der Waals surface area (Å²) in [6, 6.07) is 8.93. The van der Waals surface area contributed by atoms with Gasteiger partial charge in [-0.2, -0.15) is 0 Å². The van der Waals surface area contributed by atoms with Crippen LogP contribution in [0.25, 0.3) is 0 Å². The average molecular weight is 399 g/mol. The Balaban J connectivity index is 1.52. The van der Waals surface area contributed by atoms with Crippen LogP contribution in [-0.4, -0.2) is 26.8 Å². The molecule has 0 aliphatic rings. The Bertz CT molecular complexity index is 816. The Morgan fingerprint density at radius 2 is 2.08 bits per heavy atom. The van der Waals surface area contributed by atoms with Crippen LogP contribution in [0.15, 0.2) is 40.9 Å². The maximum Gasteiger partial charge on any atom is 0.234 e. The second kappa shape index (κ2) is 8.02. The predicted molar refractivity (Wildman–Crippen MR) is 99.3 cm³/mol. The molecule has 2 heterocycles. The zero-order valence-corrected chi connectivity index (χ0v) is 15.4. The molecule has 3 rings (SSSR count). The van der Waals surface area contributed by atoms with Crippen molar-refractivity contribution in [2.24, 2.45) is 0 Å². The van der Waals surface area contributed by atoms with Crippen molar-refractivity contribution in [2.45, 2.75) is 11.6 Å². The largest absolute Gasteiger partial charge is 0.325 e. The van der Waals surface area contributed by atoms with Crippen LogP contribution in [-0.2, 0) is 11.2 Å². The first kappa shape index (κ1) is 17.3. The monoisotopic (exact) mass is 398 g/mol. The third-order valence-electron chi connectivity index (χ3n) is 2.91. The Kier molecular flexibility index (Phi) is 5.78. The number of amides is 1. The summed E-state index contributed by atoms with van der Waals surface area (Å²) in [5, 5.41) is 13.3. The van der Waals surface area contributed by atoms with Crippen molar-refractivity contribution in [1.82, 2.24) is 15.2 Å². The number of rotatable bonds is 6. The Morgan fingerprint density at radius 3 is 2.79 bits per heavy atom. The van der Waals surface area contributed by atoms with E-state index in [1.54, 1.807) is 29.5 Å². The van der Waals surface area contributed by atoms with E-state index in [4.69, 9.17) is 23.2 Å². The number of H-pyrrole nitrogens is 1. The van der Waals surface area contributed by atoms with Crippen molar-refractivity contribution in [3.05, 3.63) is 56.5 Å². The number of thiophene rings is 1. The number of aromatic nitrogens is 3. The van der Waals surface area contributed by atoms with Gasteiger partial charge in [-0.15, -0.1) is 16.4 Å². The Hall–Kier alpha value is -1.54. The van der Waals surface area contributed by atoms with Crippen LogP contribution in [0, 0.1) is 0 Å². The Morgan fingerprint density at radius 1 is 1.29 bits per heavy atom. The highest BCUT2D eigenvalue weighted by molar-refractivity contribution is 7.99. The van der Waals surface area contributed by atoms with Gasteiger partial charge in [0.1, 0.15) is 5.82 Å². The molecule has 9 heteroatoms. The number of benzene rings is 1. The summed E-state index contributed by atoms with van der Waals surface area (Å²) in [6.45, 7) is 0. The molecule has 3 aromatic rings. The summed E-state index contributed by atoms with van der Waals surface area (Å²) < 4.78 is 0. The van der Waals surface area contributed by atoms with E-state index in [1.807, 2.05) is 17.5 Å². The average Bonchev–Trinajstić information content (AvgIpc) is 3.16. The lowest BCUT2D eigenvalue weighted by atomic mass is 10.3. The summed E-state index contributed by atoms with van der Waals surface area (Å²) >= 11 is 14.7. The first-order valence-electron chi connectivity index (χ1n) is 6.91. The van der Waals surface area contributed by atoms with E-state index in [-0.39, 0.29) is 11.7 Å². The molecule has 0 saturated carbocycles. The summed E-state index contributed by atoms with van der Waals surface area (Å²) in [6.07, 6.45) is 0.707. The van der Waals surface area contributed by atoms with E-state index in [2.05, 4.69) is 20.5 Å². The maximum absolute atomic E-state index is 12.0. The third kappa shape index (κ3) is 4.98. The van der Waals surface area contributed by atoms with Crippen molar-refractivity contribution in [1.29, 1.82) is 0 Å². The number of aromatic amines is 1. The normalized spacial score (nSPS) is 10.8. The molecule has 0 atom stereocenters. The molecule has 5 nitrogen and oxygen atoms in total. The number of carbonyl (C=O) groups excluding carboxylic acids is 1. The van der Waals surface area contributed by atoms with Gasteiger partial charge in [0.05, 0.1) is 5.75 Å². The van der Waals surface area contributed by atoms with E-state index >= 15 is 0 Å². The van der Waals surface area contributed by atoms with Gasteiger partial charge in [0, 0.05) is 27.0 Å². The van der Waals surface area contributed by atoms with Crippen LogP contribution >= 0.6 is 46.3 Å². The van der Waals surface area contributed by atoms with Gasteiger partial charge in [-0.1, -0.05) is 41.0 Å². The van der Waals surface area contributed by atoms with Crippen molar-refractivity contribution in [3.8, 4) is 0 Å².